The van der Waals surface area contributed by atoms with Crippen molar-refractivity contribution >= 4 is 22.1 Å². The first kappa shape index (κ1) is 31.8. The maximum Gasteiger partial charge on any atom is 0.258 e. The fourth-order valence-electron chi connectivity index (χ4n) is 4.52. The van der Waals surface area contributed by atoms with Gasteiger partial charge in [0, 0.05) is 13.1 Å². The van der Waals surface area contributed by atoms with Crippen LogP contribution >= 0.6 is 0 Å². The molecule has 0 unspecified atom stereocenters. The van der Waals surface area contributed by atoms with Crippen molar-refractivity contribution in [2.75, 3.05) is 19.7 Å². The van der Waals surface area contributed by atoms with E-state index in [2.05, 4.69) is 10.5 Å². The largest absolute Gasteiger partial charge is 0.483 e. The van der Waals surface area contributed by atoms with Crippen LogP contribution in [-0.2, 0) is 21.2 Å². The second kappa shape index (κ2) is 14.8. The minimum absolute atomic E-state index is 0.0225. The van der Waals surface area contributed by atoms with E-state index in [4.69, 9.17) is 9.94 Å². The minimum atomic E-state index is -3.98. The highest BCUT2D eigenvalue weighted by atomic mass is 32.2. The first-order valence-corrected chi connectivity index (χ1v) is 14.9. The van der Waals surface area contributed by atoms with Crippen LogP contribution in [0.1, 0.15) is 36.1 Å². The molecule has 220 valence electrons. The summed E-state index contributed by atoms with van der Waals surface area (Å²) in [6, 6.07) is 20.3. The van der Waals surface area contributed by atoms with Crippen LogP contribution in [0.25, 0.3) is 0 Å². The van der Waals surface area contributed by atoms with Crippen molar-refractivity contribution < 1.29 is 28.3 Å². The number of para-hydroxylation sites is 1. The molecule has 0 saturated heterocycles. The minimum Gasteiger partial charge on any atom is -0.483 e. The van der Waals surface area contributed by atoms with Crippen LogP contribution in [0, 0.1) is 19.8 Å². The van der Waals surface area contributed by atoms with Crippen LogP contribution < -0.4 is 10.1 Å². The molecule has 3 aromatic rings. The van der Waals surface area contributed by atoms with Crippen molar-refractivity contribution in [3.05, 3.63) is 95.1 Å². The highest BCUT2D eigenvalue weighted by Crippen LogP contribution is 2.22. The quantitative estimate of drug-likeness (QED) is 0.150. The Morgan fingerprint density at radius 2 is 1.61 bits per heavy atom. The molecular weight excluding hydrogens is 542 g/mol. The molecule has 0 aromatic heterocycles. The molecule has 0 bridgehead atoms. The predicted molar refractivity (Wildman–Crippen MR) is 159 cm³/mol. The number of aliphatic hydroxyl groups is 1. The van der Waals surface area contributed by atoms with Gasteiger partial charge >= 0.3 is 0 Å². The van der Waals surface area contributed by atoms with Gasteiger partial charge in [0.25, 0.3) is 5.91 Å². The first-order chi connectivity index (χ1) is 19.5. The molecule has 0 heterocycles. The zero-order valence-corrected chi connectivity index (χ0v) is 24.7. The smallest absolute Gasteiger partial charge is 0.258 e. The maximum absolute atomic E-state index is 13.6. The standard InChI is InChI=1S/C31H39N3O6S/c1-22(2)19-34(41(38,39)27-15-13-26(14-16-27)18-32-37)20-29(35)28(17-25-11-6-5-7-12-25)33-30(36)21-40-31-23(3)9-8-10-24(31)4/h5-16,18,22,28-29,35,37H,17,19-21H2,1-4H3,(H,33,36)/t28-,29+/m0/s1. The Hall–Kier alpha value is -3.73. The molecule has 0 spiro atoms. The van der Waals surface area contributed by atoms with Crippen LogP contribution in [0.5, 0.6) is 5.75 Å². The number of sulfonamides is 1. The predicted octanol–water partition coefficient (Wildman–Crippen LogP) is 3.93. The normalized spacial score (nSPS) is 13.4. The average molecular weight is 582 g/mol. The number of nitrogens with one attached hydrogen (secondary N) is 1. The van der Waals surface area contributed by atoms with Gasteiger partial charge in [0.05, 0.1) is 23.3 Å². The van der Waals surface area contributed by atoms with Gasteiger partial charge in [0.15, 0.2) is 6.61 Å². The molecule has 3 aromatic carbocycles. The van der Waals surface area contributed by atoms with E-state index in [9.17, 15) is 18.3 Å². The second-order valence-corrected chi connectivity index (χ2v) is 12.4. The lowest BCUT2D eigenvalue weighted by Gasteiger charge is -2.31. The first-order valence-electron chi connectivity index (χ1n) is 13.5. The van der Waals surface area contributed by atoms with Gasteiger partial charge in [-0.3, -0.25) is 4.79 Å². The number of rotatable bonds is 14. The van der Waals surface area contributed by atoms with Gasteiger partial charge in [-0.25, -0.2) is 8.42 Å². The monoisotopic (exact) mass is 581 g/mol. The molecule has 0 aliphatic rings. The summed E-state index contributed by atoms with van der Waals surface area (Å²) in [6.07, 6.45) is 0.281. The van der Waals surface area contributed by atoms with E-state index in [0.29, 0.717) is 17.7 Å². The van der Waals surface area contributed by atoms with E-state index >= 15 is 0 Å². The van der Waals surface area contributed by atoms with Gasteiger partial charge in [0.1, 0.15) is 5.75 Å². The van der Waals surface area contributed by atoms with Crippen molar-refractivity contribution in [2.45, 2.75) is 51.2 Å². The van der Waals surface area contributed by atoms with E-state index in [1.807, 2.05) is 76.2 Å². The highest BCUT2D eigenvalue weighted by molar-refractivity contribution is 7.89. The summed E-state index contributed by atoms with van der Waals surface area (Å²) >= 11 is 0. The Bertz CT molecular complexity index is 1390. The van der Waals surface area contributed by atoms with E-state index < -0.39 is 28.1 Å². The summed E-state index contributed by atoms with van der Waals surface area (Å²) in [7, 11) is -3.98. The lowest BCUT2D eigenvalue weighted by atomic mass is 10.0. The summed E-state index contributed by atoms with van der Waals surface area (Å²) in [4.78, 5) is 13.1. The third-order valence-electron chi connectivity index (χ3n) is 6.55. The van der Waals surface area contributed by atoms with Crippen LogP contribution in [0.2, 0.25) is 0 Å². The zero-order chi connectivity index (χ0) is 30.0. The second-order valence-electron chi connectivity index (χ2n) is 10.5. The van der Waals surface area contributed by atoms with Gasteiger partial charge in [-0.2, -0.15) is 4.31 Å². The van der Waals surface area contributed by atoms with Crippen molar-refractivity contribution in [2.24, 2.45) is 11.1 Å². The number of aryl methyl sites for hydroxylation is 2. The number of oxime groups is 1. The molecule has 0 fully saturated rings. The Morgan fingerprint density at radius 1 is 0.976 bits per heavy atom. The van der Waals surface area contributed by atoms with Gasteiger partial charge in [-0.05, 0) is 60.6 Å². The van der Waals surface area contributed by atoms with Crippen LogP contribution in [0.15, 0.2) is 82.8 Å². The average Bonchev–Trinajstić information content (AvgIpc) is 2.93. The fraction of sp³-hybridized carbons (Fsp3) is 0.355. The number of ether oxygens (including phenoxy) is 1. The number of hydrogen-bond acceptors (Lipinski definition) is 7. The number of aliphatic hydroxyl groups excluding tert-OH is 1. The molecule has 2 atom stereocenters. The fourth-order valence-corrected chi connectivity index (χ4v) is 6.14. The molecule has 3 N–H and O–H groups in total. The van der Waals surface area contributed by atoms with Gasteiger partial charge in [0.2, 0.25) is 10.0 Å². The van der Waals surface area contributed by atoms with E-state index in [1.165, 1.54) is 34.8 Å². The molecule has 1 amide bonds. The molecule has 0 saturated carbocycles. The van der Waals surface area contributed by atoms with Gasteiger partial charge in [-0.1, -0.05) is 79.7 Å². The van der Waals surface area contributed by atoms with E-state index in [1.54, 1.807) is 0 Å². The summed E-state index contributed by atoms with van der Waals surface area (Å²) in [6.45, 7) is 7.28. The Morgan fingerprint density at radius 3 is 2.20 bits per heavy atom. The number of benzene rings is 3. The Kier molecular flexibility index (Phi) is 11.5. The number of carbonyl (C=O) groups excluding carboxylic acids is 1. The van der Waals surface area contributed by atoms with Crippen molar-refractivity contribution in [3.8, 4) is 5.75 Å². The van der Waals surface area contributed by atoms with E-state index in [-0.39, 0.29) is 30.5 Å². The summed E-state index contributed by atoms with van der Waals surface area (Å²) in [5.41, 5.74) is 3.23. The molecule has 0 aliphatic carbocycles. The number of carbonyl (C=O) groups is 1. The van der Waals surface area contributed by atoms with Crippen LogP contribution in [-0.4, -0.2) is 67.0 Å². The van der Waals surface area contributed by atoms with Crippen molar-refractivity contribution in [3.63, 3.8) is 0 Å². The number of nitrogens with zero attached hydrogens (tertiary/aromatic N) is 2. The molecular formula is C31H39N3O6S. The Labute approximate surface area is 242 Å². The third-order valence-corrected chi connectivity index (χ3v) is 8.40. The number of hydrogen-bond donors (Lipinski definition) is 3. The maximum atomic E-state index is 13.6. The number of amides is 1. The molecule has 3 rings (SSSR count). The van der Waals surface area contributed by atoms with Crippen LogP contribution in [0.4, 0.5) is 0 Å². The lowest BCUT2D eigenvalue weighted by Crippen LogP contribution is -2.52. The SMILES string of the molecule is Cc1cccc(C)c1OCC(=O)N[C@@H](Cc1ccccc1)[C@H](O)CN(CC(C)C)S(=O)(=O)c1ccc(C=NO)cc1. The van der Waals surface area contributed by atoms with Gasteiger partial charge < -0.3 is 20.4 Å². The zero-order valence-electron chi connectivity index (χ0n) is 23.9. The van der Waals surface area contributed by atoms with Crippen molar-refractivity contribution in [1.82, 2.24) is 9.62 Å². The van der Waals surface area contributed by atoms with Gasteiger partial charge in [-0.15, -0.1) is 0 Å². The Balaban J connectivity index is 1.82. The molecule has 0 radical (unpaired) electrons. The summed E-state index contributed by atoms with van der Waals surface area (Å²) in [5.74, 6) is 0.186. The van der Waals surface area contributed by atoms with Crippen molar-refractivity contribution in [1.29, 1.82) is 0 Å². The van der Waals surface area contributed by atoms with E-state index in [0.717, 1.165) is 16.7 Å². The van der Waals surface area contributed by atoms with Crippen LogP contribution in [0.3, 0.4) is 0 Å². The third kappa shape index (κ3) is 9.14. The molecule has 41 heavy (non-hydrogen) atoms. The molecule has 9 nitrogen and oxygen atoms in total. The summed E-state index contributed by atoms with van der Waals surface area (Å²) in [5, 5.41) is 26.0. The molecule has 10 heteroatoms. The lowest BCUT2D eigenvalue weighted by molar-refractivity contribution is -0.124. The summed E-state index contributed by atoms with van der Waals surface area (Å²) < 4.78 is 34.3. The highest BCUT2D eigenvalue weighted by Gasteiger charge is 2.31. The molecule has 0 aliphatic heterocycles. The topological polar surface area (TPSA) is 129 Å².